The molecule has 0 N–H and O–H groups in total. The van der Waals surface area contributed by atoms with Gasteiger partial charge in [0.1, 0.15) is 11.3 Å². The summed E-state index contributed by atoms with van der Waals surface area (Å²) in [5.74, 6) is 0.696. The van der Waals surface area contributed by atoms with Gasteiger partial charge in [-0.3, -0.25) is 0 Å². The molecule has 0 fully saturated rings. The standard InChI is InChI=1S/C14H8Cl2O/c15-10-5-3-6-11(16)14(10)13-8-9-4-1-2-7-12(9)17-13/h1-8H. The summed E-state index contributed by atoms with van der Waals surface area (Å²) in [6, 6.07) is 15.2. The minimum Gasteiger partial charge on any atom is -0.456 e. The first-order chi connectivity index (χ1) is 8.25. The van der Waals surface area contributed by atoms with Crippen LogP contribution in [0.5, 0.6) is 0 Å². The predicted molar refractivity (Wildman–Crippen MR) is 71.7 cm³/mol. The van der Waals surface area contributed by atoms with Crippen molar-refractivity contribution in [2.24, 2.45) is 0 Å². The van der Waals surface area contributed by atoms with Gasteiger partial charge in [0.15, 0.2) is 0 Å². The van der Waals surface area contributed by atoms with E-state index in [1.165, 1.54) is 0 Å². The molecule has 1 heterocycles. The van der Waals surface area contributed by atoms with Crippen LogP contribution in [0.2, 0.25) is 10.0 Å². The van der Waals surface area contributed by atoms with Crippen molar-refractivity contribution < 1.29 is 4.42 Å². The molecule has 0 bridgehead atoms. The van der Waals surface area contributed by atoms with Gasteiger partial charge in [0, 0.05) is 5.39 Å². The van der Waals surface area contributed by atoms with E-state index in [9.17, 15) is 0 Å². The summed E-state index contributed by atoms with van der Waals surface area (Å²) >= 11 is 12.3. The second-order valence-corrected chi connectivity index (χ2v) is 4.56. The first-order valence-electron chi connectivity index (χ1n) is 5.18. The molecule has 3 heteroatoms. The van der Waals surface area contributed by atoms with Crippen LogP contribution in [0, 0.1) is 0 Å². The average molecular weight is 263 g/mol. The van der Waals surface area contributed by atoms with E-state index in [1.807, 2.05) is 36.4 Å². The third kappa shape index (κ3) is 1.82. The van der Waals surface area contributed by atoms with Crippen LogP contribution in [-0.4, -0.2) is 0 Å². The summed E-state index contributed by atoms with van der Waals surface area (Å²) in [5, 5.41) is 2.23. The van der Waals surface area contributed by atoms with E-state index in [0.29, 0.717) is 15.8 Å². The monoisotopic (exact) mass is 262 g/mol. The zero-order valence-electron chi connectivity index (χ0n) is 8.78. The summed E-state index contributed by atoms with van der Waals surface area (Å²) in [6.07, 6.45) is 0. The molecule has 17 heavy (non-hydrogen) atoms. The zero-order chi connectivity index (χ0) is 11.8. The third-order valence-corrected chi connectivity index (χ3v) is 3.26. The lowest BCUT2D eigenvalue weighted by atomic mass is 10.1. The molecule has 0 spiro atoms. The van der Waals surface area contributed by atoms with Gasteiger partial charge in [0.25, 0.3) is 0 Å². The highest BCUT2D eigenvalue weighted by Crippen LogP contribution is 2.37. The highest BCUT2D eigenvalue weighted by Gasteiger charge is 2.12. The topological polar surface area (TPSA) is 13.1 Å². The largest absolute Gasteiger partial charge is 0.456 e. The number of rotatable bonds is 1. The van der Waals surface area contributed by atoms with Crippen molar-refractivity contribution in [1.29, 1.82) is 0 Å². The molecule has 0 aliphatic carbocycles. The maximum Gasteiger partial charge on any atom is 0.138 e. The predicted octanol–water partition coefficient (Wildman–Crippen LogP) is 5.41. The van der Waals surface area contributed by atoms with Crippen LogP contribution in [0.4, 0.5) is 0 Å². The highest BCUT2D eigenvalue weighted by atomic mass is 35.5. The molecule has 84 valence electrons. The molecule has 2 aromatic carbocycles. The van der Waals surface area contributed by atoms with Gasteiger partial charge in [-0.25, -0.2) is 0 Å². The number of furan rings is 1. The van der Waals surface area contributed by atoms with Gasteiger partial charge in [0.2, 0.25) is 0 Å². The number of fused-ring (bicyclic) bond motifs is 1. The van der Waals surface area contributed by atoms with Crippen LogP contribution in [-0.2, 0) is 0 Å². The van der Waals surface area contributed by atoms with Crippen LogP contribution in [0.25, 0.3) is 22.3 Å². The van der Waals surface area contributed by atoms with Crippen LogP contribution in [0.3, 0.4) is 0 Å². The van der Waals surface area contributed by atoms with Crippen molar-refractivity contribution in [3.05, 3.63) is 58.6 Å². The average Bonchev–Trinajstić information content (AvgIpc) is 2.71. The Kier molecular flexibility index (Phi) is 2.58. The lowest BCUT2D eigenvalue weighted by Crippen LogP contribution is -1.77. The molecular weight excluding hydrogens is 255 g/mol. The Morgan fingerprint density at radius 3 is 2.24 bits per heavy atom. The lowest BCUT2D eigenvalue weighted by Gasteiger charge is -2.02. The molecule has 0 aliphatic heterocycles. The molecule has 0 aliphatic rings. The fourth-order valence-corrected chi connectivity index (χ4v) is 2.42. The fourth-order valence-electron chi connectivity index (χ4n) is 1.84. The van der Waals surface area contributed by atoms with Crippen LogP contribution in [0.15, 0.2) is 52.9 Å². The Morgan fingerprint density at radius 1 is 0.824 bits per heavy atom. The van der Waals surface area contributed by atoms with Gasteiger partial charge in [0.05, 0.1) is 15.6 Å². The minimum absolute atomic E-state index is 0.594. The van der Waals surface area contributed by atoms with Gasteiger partial charge in [-0.2, -0.15) is 0 Å². The van der Waals surface area contributed by atoms with E-state index >= 15 is 0 Å². The first kappa shape index (κ1) is 10.7. The number of para-hydroxylation sites is 1. The van der Waals surface area contributed by atoms with Crippen molar-refractivity contribution >= 4 is 34.2 Å². The Balaban J connectivity index is 2.27. The number of benzene rings is 2. The fraction of sp³-hybridized carbons (Fsp3) is 0. The molecule has 1 aromatic heterocycles. The summed E-state index contributed by atoms with van der Waals surface area (Å²) < 4.78 is 5.75. The number of hydrogen-bond acceptors (Lipinski definition) is 1. The van der Waals surface area contributed by atoms with Crippen LogP contribution >= 0.6 is 23.2 Å². The van der Waals surface area contributed by atoms with E-state index in [4.69, 9.17) is 27.6 Å². The van der Waals surface area contributed by atoms with Crippen molar-refractivity contribution in [2.45, 2.75) is 0 Å². The molecule has 0 radical (unpaired) electrons. The van der Waals surface area contributed by atoms with E-state index < -0.39 is 0 Å². The van der Waals surface area contributed by atoms with Gasteiger partial charge in [-0.05, 0) is 24.3 Å². The molecular formula is C14H8Cl2O. The Hall–Kier alpha value is -1.44. The third-order valence-electron chi connectivity index (χ3n) is 2.63. The molecule has 0 atom stereocenters. The van der Waals surface area contributed by atoms with E-state index in [0.717, 1.165) is 16.5 Å². The lowest BCUT2D eigenvalue weighted by molar-refractivity contribution is 0.631. The van der Waals surface area contributed by atoms with Gasteiger partial charge < -0.3 is 4.42 Å². The molecule has 0 unspecified atom stereocenters. The molecule has 3 aromatic rings. The molecule has 3 rings (SSSR count). The number of hydrogen-bond donors (Lipinski definition) is 0. The molecule has 0 saturated carbocycles. The van der Waals surface area contributed by atoms with E-state index in [1.54, 1.807) is 12.1 Å². The van der Waals surface area contributed by atoms with Gasteiger partial charge >= 0.3 is 0 Å². The van der Waals surface area contributed by atoms with Crippen LogP contribution in [0.1, 0.15) is 0 Å². The van der Waals surface area contributed by atoms with Gasteiger partial charge in [-0.1, -0.05) is 47.5 Å². The quantitative estimate of drug-likeness (QED) is 0.572. The highest BCUT2D eigenvalue weighted by molar-refractivity contribution is 6.39. The molecule has 1 nitrogen and oxygen atoms in total. The molecule has 0 saturated heterocycles. The second-order valence-electron chi connectivity index (χ2n) is 3.75. The smallest absolute Gasteiger partial charge is 0.138 e. The SMILES string of the molecule is Clc1cccc(Cl)c1-c1cc2ccccc2o1. The van der Waals surface area contributed by atoms with Gasteiger partial charge in [-0.15, -0.1) is 0 Å². The summed E-state index contributed by atoms with van der Waals surface area (Å²) in [7, 11) is 0. The Labute approximate surface area is 109 Å². The second kappa shape index (κ2) is 4.10. The normalized spacial score (nSPS) is 10.9. The summed E-state index contributed by atoms with van der Waals surface area (Å²) in [4.78, 5) is 0. The minimum atomic E-state index is 0.594. The number of halogens is 2. The molecule has 0 amide bonds. The van der Waals surface area contributed by atoms with E-state index in [2.05, 4.69) is 0 Å². The Morgan fingerprint density at radius 2 is 1.53 bits per heavy atom. The van der Waals surface area contributed by atoms with Crippen LogP contribution < -0.4 is 0 Å². The maximum atomic E-state index is 6.15. The summed E-state index contributed by atoms with van der Waals surface area (Å²) in [6.45, 7) is 0. The Bertz CT molecular complexity index is 632. The maximum absolute atomic E-state index is 6.15. The van der Waals surface area contributed by atoms with Crippen molar-refractivity contribution in [2.75, 3.05) is 0 Å². The first-order valence-corrected chi connectivity index (χ1v) is 5.94. The van der Waals surface area contributed by atoms with Crippen molar-refractivity contribution in [1.82, 2.24) is 0 Å². The van der Waals surface area contributed by atoms with Crippen molar-refractivity contribution in [3.63, 3.8) is 0 Å². The zero-order valence-corrected chi connectivity index (χ0v) is 10.3. The van der Waals surface area contributed by atoms with Crippen molar-refractivity contribution in [3.8, 4) is 11.3 Å². The van der Waals surface area contributed by atoms with E-state index in [-0.39, 0.29) is 0 Å². The summed E-state index contributed by atoms with van der Waals surface area (Å²) in [5.41, 5.74) is 1.57.